The van der Waals surface area contributed by atoms with E-state index >= 15 is 0 Å². The molecule has 1 aromatic carbocycles. The van der Waals surface area contributed by atoms with Crippen molar-refractivity contribution >= 4 is 51.9 Å². The predicted molar refractivity (Wildman–Crippen MR) is 99.6 cm³/mol. The van der Waals surface area contributed by atoms with Gasteiger partial charge in [0.2, 0.25) is 10.7 Å². The summed E-state index contributed by atoms with van der Waals surface area (Å²) in [6, 6.07) is 6.15. The van der Waals surface area contributed by atoms with Crippen molar-refractivity contribution in [2.24, 2.45) is 0 Å². The van der Waals surface area contributed by atoms with Gasteiger partial charge in [-0.25, -0.2) is 4.68 Å². The maximum absolute atomic E-state index is 12.9. The SMILES string of the molecule is Nc1nn(CC(=O)c2cc(C(F)(F)F)ccc2Cl)c(=S)n1Nc1cccs1. The highest BCUT2D eigenvalue weighted by Crippen LogP contribution is 2.32. The summed E-state index contributed by atoms with van der Waals surface area (Å²) < 4.78 is 41.1. The molecule has 0 saturated heterocycles. The van der Waals surface area contributed by atoms with Gasteiger partial charge in [0.25, 0.3) is 0 Å². The Morgan fingerprint density at radius 3 is 2.74 bits per heavy atom. The normalized spacial score (nSPS) is 11.6. The number of aromatic nitrogens is 3. The lowest BCUT2D eigenvalue weighted by atomic mass is 10.1. The number of hydrogen-bond donors (Lipinski definition) is 2. The Morgan fingerprint density at radius 2 is 2.11 bits per heavy atom. The first-order chi connectivity index (χ1) is 12.7. The molecule has 3 N–H and O–H groups in total. The third-order valence-corrected chi connectivity index (χ3v) is 4.99. The number of anilines is 2. The Kier molecular flexibility index (Phi) is 5.27. The smallest absolute Gasteiger partial charge is 0.366 e. The van der Waals surface area contributed by atoms with Crippen LogP contribution >= 0.6 is 35.2 Å². The van der Waals surface area contributed by atoms with Gasteiger partial charge in [-0.3, -0.25) is 10.2 Å². The van der Waals surface area contributed by atoms with Crippen LogP contribution in [0.25, 0.3) is 0 Å². The molecule has 0 spiro atoms. The number of ketones is 1. The van der Waals surface area contributed by atoms with Crippen LogP contribution < -0.4 is 11.2 Å². The van der Waals surface area contributed by atoms with E-state index in [-0.39, 0.29) is 21.3 Å². The van der Waals surface area contributed by atoms with Crippen molar-refractivity contribution in [3.05, 3.63) is 56.6 Å². The number of alkyl halides is 3. The van der Waals surface area contributed by atoms with E-state index < -0.39 is 24.1 Å². The number of benzene rings is 1. The number of nitrogens with one attached hydrogen (secondary N) is 1. The Morgan fingerprint density at radius 1 is 1.37 bits per heavy atom. The zero-order valence-corrected chi connectivity index (χ0v) is 15.7. The molecule has 3 aromatic rings. The monoisotopic (exact) mass is 433 g/mol. The number of nitrogens with two attached hydrogens (primary N) is 1. The number of carbonyl (C=O) groups is 1. The number of hydrogen-bond acceptors (Lipinski definition) is 6. The number of rotatable bonds is 5. The second-order valence-corrected chi connectivity index (χ2v) is 7.06. The number of Topliss-reactive ketones (excluding diaryl/α,β-unsaturated/α-hetero) is 1. The zero-order valence-electron chi connectivity index (χ0n) is 13.3. The molecule has 0 unspecified atom stereocenters. The van der Waals surface area contributed by atoms with Crippen LogP contribution in [0.2, 0.25) is 5.02 Å². The largest absolute Gasteiger partial charge is 0.416 e. The van der Waals surface area contributed by atoms with Crippen molar-refractivity contribution in [2.75, 3.05) is 11.2 Å². The maximum atomic E-state index is 12.9. The number of nitrogen functional groups attached to an aromatic ring is 1. The lowest BCUT2D eigenvalue weighted by Crippen LogP contribution is -2.15. The van der Waals surface area contributed by atoms with Gasteiger partial charge in [-0.2, -0.15) is 17.8 Å². The van der Waals surface area contributed by atoms with Gasteiger partial charge in [-0.15, -0.1) is 16.4 Å². The van der Waals surface area contributed by atoms with E-state index in [1.54, 1.807) is 6.07 Å². The van der Waals surface area contributed by atoms with Gasteiger partial charge < -0.3 is 5.73 Å². The first-order valence-corrected chi connectivity index (χ1v) is 8.99. The fraction of sp³-hybridized carbons (Fsp3) is 0.133. The van der Waals surface area contributed by atoms with Crippen LogP contribution in [0, 0.1) is 4.77 Å². The standard InChI is InChI=1S/C15H11ClF3N5OS2/c16-10-4-3-8(15(17,18)19)6-9(10)11(25)7-23-14(26)24(13(20)22-23)21-12-2-1-5-27-12/h1-6,21H,7H2,(H2,20,22). The van der Waals surface area contributed by atoms with Crippen LogP contribution in [0.1, 0.15) is 15.9 Å². The maximum Gasteiger partial charge on any atom is 0.416 e. The first-order valence-electron chi connectivity index (χ1n) is 7.32. The second kappa shape index (κ2) is 7.33. The topological polar surface area (TPSA) is 77.9 Å². The molecule has 0 radical (unpaired) electrons. The van der Waals surface area contributed by atoms with E-state index in [1.807, 2.05) is 11.4 Å². The highest BCUT2D eigenvalue weighted by molar-refractivity contribution is 7.71. The van der Waals surface area contributed by atoms with E-state index in [9.17, 15) is 18.0 Å². The summed E-state index contributed by atoms with van der Waals surface area (Å²) >= 11 is 12.5. The second-order valence-electron chi connectivity index (χ2n) is 5.34. The summed E-state index contributed by atoms with van der Waals surface area (Å²) in [6.45, 7) is -0.414. The van der Waals surface area contributed by atoms with Crippen LogP contribution in [-0.2, 0) is 12.7 Å². The summed E-state index contributed by atoms with van der Waals surface area (Å²) in [5, 5.41) is 6.45. The predicted octanol–water partition coefficient (Wildman–Crippen LogP) is 4.49. The van der Waals surface area contributed by atoms with E-state index in [0.29, 0.717) is 6.07 Å². The quantitative estimate of drug-likeness (QED) is 0.458. The van der Waals surface area contributed by atoms with Crippen molar-refractivity contribution < 1.29 is 18.0 Å². The molecule has 27 heavy (non-hydrogen) atoms. The van der Waals surface area contributed by atoms with Crippen LogP contribution in [0.3, 0.4) is 0 Å². The van der Waals surface area contributed by atoms with E-state index in [0.717, 1.165) is 21.8 Å². The molecule has 142 valence electrons. The van der Waals surface area contributed by atoms with Gasteiger partial charge in [-0.05, 0) is 47.9 Å². The lowest BCUT2D eigenvalue weighted by molar-refractivity contribution is -0.137. The van der Waals surface area contributed by atoms with Crippen molar-refractivity contribution in [2.45, 2.75) is 12.7 Å². The fourth-order valence-corrected chi connectivity index (χ4v) is 3.29. The molecular formula is C15H11ClF3N5OS2. The van der Waals surface area contributed by atoms with Gasteiger partial charge in [0.15, 0.2) is 5.78 Å². The Bertz CT molecular complexity index is 1040. The molecule has 2 heterocycles. The number of nitrogens with zero attached hydrogens (tertiary/aromatic N) is 3. The third kappa shape index (κ3) is 4.15. The average molecular weight is 434 g/mol. The van der Waals surface area contributed by atoms with Crippen molar-refractivity contribution in [1.29, 1.82) is 0 Å². The zero-order chi connectivity index (χ0) is 19.8. The highest BCUT2D eigenvalue weighted by atomic mass is 35.5. The summed E-state index contributed by atoms with van der Waals surface area (Å²) in [5.41, 5.74) is 7.50. The molecule has 0 amide bonds. The molecule has 12 heteroatoms. The van der Waals surface area contributed by atoms with Gasteiger partial charge in [0.05, 0.1) is 10.6 Å². The molecule has 0 atom stereocenters. The third-order valence-electron chi connectivity index (χ3n) is 3.50. The minimum atomic E-state index is -4.59. The Balaban J connectivity index is 1.88. The lowest BCUT2D eigenvalue weighted by Gasteiger charge is -2.10. The van der Waals surface area contributed by atoms with Gasteiger partial charge >= 0.3 is 6.18 Å². The highest BCUT2D eigenvalue weighted by Gasteiger charge is 2.31. The minimum absolute atomic E-state index is 0.00339. The van der Waals surface area contributed by atoms with Crippen LogP contribution in [0.4, 0.5) is 24.1 Å². The van der Waals surface area contributed by atoms with Gasteiger partial charge in [0, 0.05) is 5.56 Å². The molecule has 0 saturated carbocycles. The Hall–Kier alpha value is -2.37. The van der Waals surface area contributed by atoms with Crippen molar-refractivity contribution in [1.82, 2.24) is 14.5 Å². The molecule has 6 nitrogen and oxygen atoms in total. The van der Waals surface area contributed by atoms with E-state index in [1.165, 1.54) is 16.0 Å². The van der Waals surface area contributed by atoms with Crippen LogP contribution in [-0.4, -0.2) is 20.2 Å². The van der Waals surface area contributed by atoms with Crippen LogP contribution in [0.5, 0.6) is 0 Å². The average Bonchev–Trinajstić information content (AvgIpc) is 3.18. The molecule has 0 aliphatic heterocycles. The molecular weight excluding hydrogens is 423 g/mol. The number of carbonyl (C=O) groups excluding carboxylic acids is 1. The summed E-state index contributed by atoms with van der Waals surface area (Å²) in [4.78, 5) is 12.5. The molecule has 3 rings (SSSR count). The van der Waals surface area contributed by atoms with E-state index in [4.69, 9.17) is 29.6 Å². The van der Waals surface area contributed by atoms with Gasteiger partial charge in [0.1, 0.15) is 11.5 Å². The fourth-order valence-electron chi connectivity index (χ4n) is 2.22. The molecule has 0 aliphatic carbocycles. The summed E-state index contributed by atoms with van der Waals surface area (Å²) in [5.74, 6) is -0.681. The van der Waals surface area contributed by atoms with Crippen molar-refractivity contribution in [3.8, 4) is 0 Å². The van der Waals surface area contributed by atoms with Crippen molar-refractivity contribution in [3.63, 3.8) is 0 Å². The molecule has 2 aromatic heterocycles. The van der Waals surface area contributed by atoms with Gasteiger partial charge in [-0.1, -0.05) is 11.6 Å². The molecule has 0 aliphatic rings. The summed E-state index contributed by atoms with van der Waals surface area (Å²) in [6.07, 6.45) is -4.59. The summed E-state index contributed by atoms with van der Waals surface area (Å²) in [7, 11) is 0. The van der Waals surface area contributed by atoms with Crippen LogP contribution in [0.15, 0.2) is 35.7 Å². The first kappa shape index (κ1) is 19.4. The minimum Gasteiger partial charge on any atom is -0.366 e. The van der Waals surface area contributed by atoms with E-state index in [2.05, 4.69) is 10.5 Å². The number of thiophene rings is 1. The molecule has 0 bridgehead atoms. The Labute approximate surface area is 164 Å². The number of halogens is 4. The molecule has 0 fully saturated rings.